The van der Waals surface area contributed by atoms with Crippen molar-refractivity contribution in [1.82, 2.24) is 9.62 Å². The first-order chi connectivity index (χ1) is 17.6. The van der Waals surface area contributed by atoms with E-state index in [1.165, 1.54) is 30.0 Å². The molecule has 1 aliphatic carbocycles. The minimum Gasteiger partial charge on any atom is -0.378 e. The van der Waals surface area contributed by atoms with E-state index < -0.39 is 28.4 Å². The zero-order valence-electron chi connectivity index (χ0n) is 20.9. The number of carbonyl (C=O) groups is 1. The van der Waals surface area contributed by atoms with Crippen molar-refractivity contribution in [2.45, 2.75) is 60.0 Å². The predicted molar refractivity (Wildman–Crippen MR) is 140 cm³/mol. The normalized spacial score (nSPS) is 16.6. The molecule has 2 atom stereocenters. The average Bonchev–Trinajstić information content (AvgIpc) is 2.87. The Labute approximate surface area is 222 Å². The van der Waals surface area contributed by atoms with Gasteiger partial charge in [0, 0.05) is 16.7 Å². The van der Waals surface area contributed by atoms with E-state index in [9.17, 15) is 23.0 Å². The van der Waals surface area contributed by atoms with Crippen LogP contribution in [-0.4, -0.2) is 53.1 Å². The quantitative estimate of drug-likeness (QED) is 0.374. The number of hydrogen-bond donors (Lipinski definition) is 2. The third kappa shape index (κ3) is 8.22. The van der Waals surface area contributed by atoms with Crippen molar-refractivity contribution >= 4 is 34.3 Å². The Morgan fingerprint density at radius 1 is 1.19 bits per heavy atom. The van der Waals surface area contributed by atoms with Gasteiger partial charge >= 0.3 is 0 Å². The number of nitrogens with zero attached hydrogens (tertiary/aromatic N) is 2. The van der Waals surface area contributed by atoms with Crippen LogP contribution < -0.4 is 10.0 Å². The molecule has 1 aliphatic rings. The molecule has 0 aromatic heterocycles. The van der Waals surface area contributed by atoms with Crippen LogP contribution in [0.4, 0.5) is 18.9 Å². The van der Waals surface area contributed by atoms with E-state index in [-0.39, 0.29) is 40.8 Å². The minimum atomic E-state index is -2.22. The van der Waals surface area contributed by atoms with Crippen LogP contribution in [0.2, 0.25) is 0 Å². The van der Waals surface area contributed by atoms with Crippen LogP contribution in [0.25, 0.3) is 0 Å². The molecule has 11 heteroatoms. The number of anilines is 1. The van der Waals surface area contributed by atoms with E-state index in [2.05, 4.69) is 10.0 Å². The summed E-state index contributed by atoms with van der Waals surface area (Å²) in [5.74, 6) is -1.59. The van der Waals surface area contributed by atoms with Crippen LogP contribution in [-0.2, 0) is 15.8 Å². The first kappa shape index (κ1) is 29.0. The summed E-state index contributed by atoms with van der Waals surface area (Å²) in [4.78, 5) is 15.1. The SMILES string of the molecule is CN(C)CCC(CSc1ccc(F)cc1)Nc1c(F)cc(S(=O)NC(=O)C2(F)CCCCC2)cc1C#N. The molecule has 1 saturated carbocycles. The van der Waals surface area contributed by atoms with Gasteiger partial charge in [0.1, 0.15) is 17.7 Å². The Morgan fingerprint density at radius 3 is 2.49 bits per heavy atom. The van der Waals surface area contributed by atoms with Gasteiger partial charge in [-0.1, -0.05) is 6.42 Å². The zero-order chi connectivity index (χ0) is 27.0. The molecular formula is C26H31F3N4O2S2. The molecule has 37 heavy (non-hydrogen) atoms. The fourth-order valence-corrected chi connectivity index (χ4v) is 5.92. The topological polar surface area (TPSA) is 85.2 Å². The fourth-order valence-electron chi connectivity index (χ4n) is 4.04. The minimum absolute atomic E-state index is 0.0349. The standard InChI is InChI=1S/C26H31F3N4O2S2/c1-33(2)13-10-20(17-36-21-8-6-19(27)7-9-21)31-24-18(16-30)14-22(15-23(24)28)37(35)32-25(34)26(29)11-4-3-5-12-26/h6-9,14-15,20,31H,3-5,10-13,17H2,1-2H3,(H,32,34). The Hall–Kier alpha value is -2.55. The lowest BCUT2D eigenvalue weighted by molar-refractivity contribution is -0.132. The second kappa shape index (κ2) is 13.3. The van der Waals surface area contributed by atoms with Gasteiger partial charge in [-0.15, -0.1) is 11.8 Å². The molecule has 1 fully saturated rings. The highest BCUT2D eigenvalue weighted by Gasteiger charge is 2.40. The van der Waals surface area contributed by atoms with E-state index in [4.69, 9.17) is 0 Å². The molecule has 2 aromatic rings. The van der Waals surface area contributed by atoms with Gasteiger partial charge in [0.2, 0.25) is 0 Å². The molecule has 2 N–H and O–H groups in total. The molecule has 2 aromatic carbocycles. The molecule has 6 nitrogen and oxygen atoms in total. The van der Waals surface area contributed by atoms with E-state index >= 15 is 4.39 Å². The number of rotatable bonds is 11. The lowest BCUT2D eigenvalue weighted by atomic mass is 9.86. The number of benzene rings is 2. The van der Waals surface area contributed by atoms with Gasteiger partial charge in [-0.05, 0) is 89.1 Å². The molecule has 1 amide bonds. The van der Waals surface area contributed by atoms with E-state index in [0.29, 0.717) is 31.6 Å². The number of amides is 1. The molecule has 0 radical (unpaired) electrons. The maximum Gasteiger partial charge on any atom is 0.269 e. The van der Waals surface area contributed by atoms with E-state index in [0.717, 1.165) is 17.4 Å². The van der Waals surface area contributed by atoms with Crippen molar-refractivity contribution < 1.29 is 22.2 Å². The molecule has 2 unspecified atom stereocenters. The Morgan fingerprint density at radius 2 is 1.86 bits per heavy atom. The summed E-state index contributed by atoms with van der Waals surface area (Å²) in [5.41, 5.74) is -2.20. The number of hydrogen-bond acceptors (Lipinski definition) is 6. The Bertz CT molecular complexity index is 1150. The largest absolute Gasteiger partial charge is 0.378 e. The molecule has 0 spiro atoms. The van der Waals surface area contributed by atoms with Crippen molar-refractivity contribution in [3.8, 4) is 6.07 Å². The third-order valence-corrected chi connectivity index (χ3v) is 8.38. The van der Waals surface area contributed by atoms with Crippen LogP contribution in [0.3, 0.4) is 0 Å². The molecule has 0 aliphatic heterocycles. The van der Waals surface area contributed by atoms with Crippen molar-refractivity contribution in [3.05, 3.63) is 53.6 Å². The summed E-state index contributed by atoms with van der Waals surface area (Å²) in [6.07, 6.45) is 2.72. The number of thioether (sulfide) groups is 1. The van der Waals surface area contributed by atoms with Crippen LogP contribution >= 0.6 is 11.8 Å². The van der Waals surface area contributed by atoms with Gasteiger partial charge in [0.25, 0.3) is 5.91 Å². The van der Waals surface area contributed by atoms with Gasteiger partial charge in [0.05, 0.1) is 16.1 Å². The number of nitriles is 1. The number of carbonyl (C=O) groups excluding carboxylic acids is 1. The summed E-state index contributed by atoms with van der Waals surface area (Å²) in [7, 11) is 1.61. The van der Waals surface area contributed by atoms with Gasteiger partial charge in [0.15, 0.2) is 16.7 Å². The highest BCUT2D eigenvalue weighted by molar-refractivity contribution is 7.99. The highest BCUT2D eigenvalue weighted by Crippen LogP contribution is 2.32. The summed E-state index contributed by atoms with van der Waals surface area (Å²) in [5, 5.41) is 12.8. The summed E-state index contributed by atoms with van der Waals surface area (Å²) in [6.45, 7) is 0.699. The van der Waals surface area contributed by atoms with Crippen molar-refractivity contribution in [2.75, 3.05) is 31.7 Å². The maximum absolute atomic E-state index is 15.2. The van der Waals surface area contributed by atoms with Gasteiger partial charge in [-0.2, -0.15) is 5.26 Å². The van der Waals surface area contributed by atoms with Crippen LogP contribution in [0.1, 0.15) is 44.1 Å². The maximum atomic E-state index is 15.2. The Balaban J connectivity index is 1.75. The van der Waals surface area contributed by atoms with Crippen molar-refractivity contribution in [1.29, 1.82) is 5.26 Å². The zero-order valence-corrected chi connectivity index (χ0v) is 22.5. The lowest BCUT2D eigenvalue weighted by Gasteiger charge is -2.27. The van der Waals surface area contributed by atoms with E-state index in [1.54, 1.807) is 12.1 Å². The molecule has 0 saturated heterocycles. The smallest absolute Gasteiger partial charge is 0.269 e. The molecular weight excluding hydrogens is 521 g/mol. The number of nitrogens with one attached hydrogen (secondary N) is 2. The number of halogens is 3. The Kier molecular flexibility index (Phi) is 10.4. The lowest BCUT2D eigenvalue weighted by Crippen LogP contribution is -2.45. The molecule has 3 rings (SSSR count). The van der Waals surface area contributed by atoms with Crippen molar-refractivity contribution in [2.24, 2.45) is 0 Å². The first-order valence-corrected chi connectivity index (χ1v) is 14.2. The second-order valence-corrected chi connectivity index (χ2v) is 11.7. The van der Waals surface area contributed by atoms with Gasteiger partial charge < -0.3 is 10.2 Å². The fraction of sp³-hybridized carbons (Fsp3) is 0.462. The molecule has 0 bridgehead atoms. The van der Waals surface area contributed by atoms with Crippen LogP contribution in [0.15, 0.2) is 46.2 Å². The molecule has 0 heterocycles. The summed E-state index contributed by atoms with van der Waals surface area (Å²) < 4.78 is 58.2. The van der Waals surface area contributed by atoms with Gasteiger partial charge in [-0.3, -0.25) is 9.52 Å². The average molecular weight is 553 g/mol. The van der Waals surface area contributed by atoms with E-state index in [1.807, 2.05) is 25.1 Å². The van der Waals surface area contributed by atoms with Gasteiger partial charge in [-0.25, -0.2) is 17.4 Å². The second-order valence-electron chi connectivity index (χ2n) is 9.36. The number of alkyl halides is 1. The molecule has 200 valence electrons. The summed E-state index contributed by atoms with van der Waals surface area (Å²) >= 11 is 1.47. The first-order valence-electron chi connectivity index (χ1n) is 12.1. The predicted octanol–water partition coefficient (Wildman–Crippen LogP) is 5.17. The van der Waals surface area contributed by atoms with Crippen LogP contribution in [0, 0.1) is 23.0 Å². The van der Waals surface area contributed by atoms with Crippen molar-refractivity contribution in [3.63, 3.8) is 0 Å². The highest BCUT2D eigenvalue weighted by atomic mass is 32.2. The monoisotopic (exact) mass is 552 g/mol. The third-order valence-electron chi connectivity index (χ3n) is 6.17. The summed E-state index contributed by atoms with van der Waals surface area (Å²) in [6, 6.07) is 9.98. The van der Waals surface area contributed by atoms with Crippen LogP contribution in [0.5, 0.6) is 0 Å².